The van der Waals surface area contributed by atoms with Gasteiger partial charge in [-0.3, -0.25) is 4.99 Å². The van der Waals surface area contributed by atoms with Crippen LogP contribution in [0.4, 0.5) is 0 Å². The summed E-state index contributed by atoms with van der Waals surface area (Å²) in [4.78, 5) is 4.24. The Morgan fingerprint density at radius 1 is 1.17 bits per heavy atom. The van der Waals surface area contributed by atoms with Crippen LogP contribution in [0.2, 0.25) is 0 Å². The molecule has 0 radical (unpaired) electrons. The van der Waals surface area contributed by atoms with Gasteiger partial charge in [-0.25, -0.2) is 0 Å². The number of hydrogen-bond donors (Lipinski definition) is 2. The van der Waals surface area contributed by atoms with Gasteiger partial charge in [0.1, 0.15) is 5.75 Å². The van der Waals surface area contributed by atoms with Gasteiger partial charge in [0, 0.05) is 33.4 Å². The third-order valence-electron chi connectivity index (χ3n) is 3.61. The number of nitrogens with one attached hydrogen (secondary N) is 2. The summed E-state index contributed by atoms with van der Waals surface area (Å²) >= 11 is 0. The Hall–Kier alpha value is -1.02. The number of ether oxygens (including phenoxy) is 2. The lowest BCUT2D eigenvalue weighted by atomic mass is 10.1. The van der Waals surface area contributed by atoms with Gasteiger partial charge >= 0.3 is 0 Å². The first kappa shape index (κ1) is 23.0. The molecule has 6 heteroatoms. The SMILES string of the molecule is CCOCCCCNC(=NC)NCCc1ccc(C)c(OC)c1.I. The molecule has 0 aliphatic carbocycles. The molecule has 0 fully saturated rings. The lowest BCUT2D eigenvalue weighted by Crippen LogP contribution is -2.38. The average molecular weight is 449 g/mol. The zero-order valence-corrected chi connectivity index (χ0v) is 17.7. The first-order valence-electron chi connectivity index (χ1n) is 8.37. The largest absolute Gasteiger partial charge is 0.496 e. The molecule has 0 aliphatic heterocycles. The van der Waals surface area contributed by atoms with E-state index in [2.05, 4.69) is 40.7 Å². The molecule has 0 saturated heterocycles. The van der Waals surface area contributed by atoms with E-state index in [9.17, 15) is 0 Å². The molecule has 0 aliphatic rings. The minimum Gasteiger partial charge on any atom is -0.496 e. The zero-order chi connectivity index (χ0) is 16.9. The second-order valence-corrected chi connectivity index (χ2v) is 5.38. The Morgan fingerprint density at radius 3 is 2.58 bits per heavy atom. The van der Waals surface area contributed by atoms with Crippen LogP contribution in [0.3, 0.4) is 0 Å². The van der Waals surface area contributed by atoms with Crippen molar-refractivity contribution in [3.63, 3.8) is 0 Å². The molecule has 1 aromatic rings. The van der Waals surface area contributed by atoms with Crippen LogP contribution in [0, 0.1) is 6.92 Å². The van der Waals surface area contributed by atoms with Crippen molar-refractivity contribution in [3.05, 3.63) is 29.3 Å². The lowest BCUT2D eigenvalue weighted by Gasteiger charge is -2.12. The second-order valence-electron chi connectivity index (χ2n) is 5.38. The van der Waals surface area contributed by atoms with E-state index in [-0.39, 0.29) is 24.0 Å². The molecule has 0 aromatic heterocycles. The third kappa shape index (κ3) is 9.32. The van der Waals surface area contributed by atoms with Crippen LogP contribution in [0.1, 0.15) is 30.9 Å². The summed E-state index contributed by atoms with van der Waals surface area (Å²) in [6.45, 7) is 7.45. The number of guanidine groups is 1. The number of aliphatic imine (C=N–C) groups is 1. The predicted molar refractivity (Wildman–Crippen MR) is 112 cm³/mol. The minimum atomic E-state index is 0. The molecular formula is C18H32IN3O2. The van der Waals surface area contributed by atoms with E-state index in [0.29, 0.717) is 0 Å². The molecule has 0 bridgehead atoms. The molecule has 138 valence electrons. The molecule has 0 amide bonds. The van der Waals surface area contributed by atoms with Gasteiger partial charge in [0.05, 0.1) is 7.11 Å². The van der Waals surface area contributed by atoms with Gasteiger partial charge in [0.2, 0.25) is 0 Å². The monoisotopic (exact) mass is 449 g/mol. The number of hydrogen-bond acceptors (Lipinski definition) is 3. The number of halogens is 1. The van der Waals surface area contributed by atoms with Crippen molar-refractivity contribution in [1.82, 2.24) is 10.6 Å². The van der Waals surface area contributed by atoms with Crippen molar-refractivity contribution in [2.75, 3.05) is 40.5 Å². The molecule has 1 aromatic carbocycles. The first-order chi connectivity index (χ1) is 11.2. The van der Waals surface area contributed by atoms with Gasteiger partial charge in [-0.05, 0) is 50.3 Å². The third-order valence-corrected chi connectivity index (χ3v) is 3.61. The number of nitrogens with zero attached hydrogens (tertiary/aromatic N) is 1. The topological polar surface area (TPSA) is 54.9 Å². The fraction of sp³-hybridized carbons (Fsp3) is 0.611. The number of benzene rings is 1. The highest BCUT2D eigenvalue weighted by Crippen LogP contribution is 2.18. The van der Waals surface area contributed by atoms with E-state index in [1.807, 2.05) is 6.92 Å². The molecule has 5 nitrogen and oxygen atoms in total. The van der Waals surface area contributed by atoms with E-state index in [0.717, 1.165) is 62.8 Å². The van der Waals surface area contributed by atoms with E-state index in [1.54, 1.807) is 14.2 Å². The van der Waals surface area contributed by atoms with Crippen LogP contribution < -0.4 is 15.4 Å². The quantitative estimate of drug-likeness (QED) is 0.250. The smallest absolute Gasteiger partial charge is 0.190 e. The van der Waals surface area contributed by atoms with Crippen LogP contribution in [0.15, 0.2) is 23.2 Å². The molecule has 0 spiro atoms. The van der Waals surface area contributed by atoms with Crippen molar-refractivity contribution in [2.24, 2.45) is 4.99 Å². The van der Waals surface area contributed by atoms with Crippen molar-refractivity contribution in [3.8, 4) is 5.75 Å². The summed E-state index contributed by atoms with van der Waals surface area (Å²) in [6.07, 6.45) is 3.08. The highest BCUT2D eigenvalue weighted by molar-refractivity contribution is 14.0. The van der Waals surface area contributed by atoms with Gasteiger partial charge < -0.3 is 20.1 Å². The average Bonchev–Trinajstić information content (AvgIpc) is 2.57. The summed E-state index contributed by atoms with van der Waals surface area (Å²) in [5, 5.41) is 6.66. The van der Waals surface area contributed by atoms with Crippen molar-refractivity contribution < 1.29 is 9.47 Å². The van der Waals surface area contributed by atoms with E-state index in [1.165, 1.54) is 5.56 Å². The first-order valence-corrected chi connectivity index (χ1v) is 8.37. The maximum Gasteiger partial charge on any atom is 0.190 e. The highest BCUT2D eigenvalue weighted by atomic mass is 127. The minimum absolute atomic E-state index is 0. The zero-order valence-electron chi connectivity index (χ0n) is 15.4. The van der Waals surface area contributed by atoms with Gasteiger partial charge in [-0.1, -0.05) is 12.1 Å². The number of rotatable bonds is 10. The molecule has 2 N–H and O–H groups in total. The molecule has 0 unspecified atom stereocenters. The Labute approximate surface area is 163 Å². The number of unbranched alkanes of at least 4 members (excludes halogenated alkanes) is 1. The fourth-order valence-corrected chi connectivity index (χ4v) is 2.25. The molecular weight excluding hydrogens is 417 g/mol. The lowest BCUT2D eigenvalue weighted by molar-refractivity contribution is 0.143. The maximum atomic E-state index is 5.36. The van der Waals surface area contributed by atoms with Gasteiger partial charge in [0.15, 0.2) is 5.96 Å². The normalized spacial score (nSPS) is 10.9. The molecule has 1 rings (SSSR count). The van der Waals surface area contributed by atoms with E-state index in [4.69, 9.17) is 9.47 Å². The Morgan fingerprint density at radius 2 is 1.92 bits per heavy atom. The van der Waals surface area contributed by atoms with Gasteiger partial charge in [0.25, 0.3) is 0 Å². The second kappa shape index (κ2) is 14.3. The highest BCUT2D eigenvalue weighted by Gasteiger charge is 2.01. The van der Waals surface area contributed by atoms with Crippen LogP contribution in [-0.2, 0) is 11.2 Å². The standard InChI is InChI=1S/C18H31N3O2.HI/c1-5-23-13-7-6-11-20-18(19-3)21-12-10-16-9-8-15(2)17(14-16)22-4;/h8-9,14H,5-7,10-13H2,1-4H3,(H2,19,20,21);1H. The molecule has 24 heavy (non-hydrogen) atoms. The van der Waals surface area contributed by atoms with Crippen LogP contribution in [-0.4, -0.2) is 46.4 Å². The van der Waals surface area contributed by atoms with Gasteiger partial charge in [-0.2, -0.15) is 0 Å². The summed E-state index contributed by atoms with van der Waals surface area (Å²) in [6, 6.07) is 6.34. The summed E-state index contributed by atoms with van der Waals surface area (Å²) < 4.78 is 10.7. The van der Waals surface area contributed by atoms with Crippen molar-refractivity contribution in [2.45, 2.75) is 33.1 Å². The van der Waals surface area contributed by atoms with E-state index < -0.39 is 0 Å². The summed E-state index contributed by atoms with van der Waals surface area (Å²) in [5.74, 6) is 1.79. The van der Waals surface area contributed by atoms with Gasteiger partial charge in [-0.15, -0.1) is 24.0 Å². The Balaban J connectivity index is 0.00000529. The number of aryl methyl sites for hydroxylation is 1. The van der Waals surface area contributed by atoms with Crippen LogP contribution in [0.25, 0.3) is 0 Å². The summed E-state index contributed by atoms with van der Waals surface area (Å²) in [5.41, 5.74) is 2.42. The van der Waals surface area contributed by atoms with Crippen LogP contribution in [0.5, 0.6) is 5.75 Å². The van der Waals surface area contributed by atoms with Crippen molar-refractivity contribution >= 4 is 29.9 Å². The molecule has 0 atom stereocenters. The Kier molecular flexibility index (Phi) is 13.7. The van der Waals surface area contributed by atoms with Crippen molar-refractivity contribution in [1.29, 1.82) is 0 Å². The molecule has 0 heterocycles. The Bertz CT molecular complexity index is 481. The summed E-state index contributed by atoms with van der Waals surface area (Å²) in [7, 11) is 3.51. The molecule has 0 saturated carbocycles. The van der Waals surface area contributed by atoms with E-state index >= 15 is 0 Å². The van der Waals surface area contributed by atoms with Crippen LogP contribution >= 0.6 is 24.0 Å². The number of methoxy groups -OCH3 is 1. The fourth-order valence-electron chi connectivity index (χ4n) is 2.25. The maximum absolute atomic E-state index is 5.36. The predicted octanol–water partition coefficient (Wildman–Crippen LogP) is 3.15.